The monoisotopic (exact) mass is 217 g/mol. The van der Waals surface area contributed by atoms with Gasteiger partial charge >= 0.3 is 0 Å². The largest absolute Gasteiger partial charge is 0.386 e. The lowest BCUT2D eigenvalue weighted by Crippen LogP contribution is -2.24. The van der Waals surface area contributed by atoms with Crippen molar-refractivity contribution in [2.75, 3.05) is 0 Å². The van der Waals surface area contributed by atoms with Crippen LogP contribution >= 0.6 is 0 Å². The summed E-state index contributed by atoms with van der Waals surface area (Å²) in [5.41, 5.74) is 2.54. The predicted molar refractivity (Wildman–Crippen MR) is 71.4 cm³/mol. The van der Waals surface area contributed by atoms with Crippen LogP contribution in [0, 0.1) is 0 Å². The minimum Gasteiger partial charge on any atom is -0.386 e. The van der Waals surface area contributed by atoms with E-state index in [1.807, 2.05) is 0 Å². The summed E-state index contributed by atoms with van der Waals surface area (Å²) in [7, 11) is 0. The molecule has 0 fully saturated rings. The van der Waals surface area contributed by atoms with Crippen LogP contribution in [0.4, 0.5) is 0 Å². The van der Waals surface area contributed by atoms with E-state index in [9.17, 15) is 0 Å². The maximum absolute atomic E-state index is 4.08. The van der Waals surface area contributed by atoms with Gasteiger partial charge in [-0.15, -0.1) is 0 Å². The summed E-state index contributed by atoms with van der Waals surface area (Å²) >= 11 is 0. The number of benzene rings is 1. The maximum Gasteiger partial charge on any atom is 0.0229 e. The van der Waals surface area contributed by atoms with Crippen LogP contribution in [-0.4, -0.2) is 6.04 Å². The molecule has 0 aliphatic carbocycles. The number of hydrogen-bond donors (Lipinski definition) is 1. The quantitative estimate of drug-likeness (QED) is 0.730. The van der Waals surface area contributed by atoms with Gasteiger partial charge < -0.3 is 5.32 Å². The molecule has 1 heteroatoms. The summed E-state index contributed by atoms with van der Waals surface area (Å²) < 4.78 is 0. The van der Waals surface area contributed by atoms with Crippen molar-refractivity contribution in [2.45, 2.75) is 45.6 Å². The summed E-state index contributed by atoms with van der Waals surface area (Å²) in [5.74, 6) is 0. The van der Waals surface area contributed by atoms with E-state index >= 15 is 0 Å². The molecule has 1 aromatic carbocycles. The van der Waals surface area contributed by atoms with Crippen LogP contribution in [0.5, 0.6) is 0 Å². The fourth-order valence-electron chi connectivity index (χ4n) is 1.87. The number of aryl methyl sites for hydroxylation is 1. The van der Waals surface area contributed by atoms with E-state index in [2.05, 4.69) is 56.1 Å². The predicted octanol–water partition coefficient (Wildman–Crippen LogP) is 3.91. The van der Waals surface area contributed by atoms with E-state index < -0.39 is 0 Å². The third-order valence-corrected chi connectivity index (χ3v) is 2.73. The highest BCUT2D eigenvalue weighted by molar-refractivity contribution is 5.15. The van der Waals surface area contributed by atoms with Crippen LogP contribution in [0.25, 0.3) is 0 Å². The number of hydrogen-bond acceptors (Lipinski definition) is 1. The van der Waals surface area contributed by atoms with E-state index in [4.69, 9.17) is 0 Å². The second-order valence-corrected chi connectivity index (χ2v) is 4.42. The molecule has 1 nitrogen and oxygen atoms in total. The second kappa shape index (κ2) is 7.10. The van der Waals surface area contributed by atoms with Gasteiger partial charge in [0.2, 0.25) is 0 Å². The van der Waals surface area contributed by atoms with Crippen LogP contribution < -0.4 is 5.32 Å². The van der Waals surface area contributed by atoms with Crippen molar-refractivity contribution in [3.8, 4) is 0 Å². The first-order valence-corrected chi connectivity index (χ1v) is 6.20. The van der Waals surface area contributed by atoms with Gasteiger partial charge in [0.25, 0.3) is 0 Å². The van der Waals surface area contributed by atoms with Crippen LogP contribution in [0.3, 0.4) is 0 Å². The van der Waals surface area contributed by atoms with Gasteiger partial charge in [-0.1, -0.05) is 50.3 Å². The van der Waals surface area contributed by atoms with Crippen LogP contribution in [0.15, 0.2) is 42.6 Å². The fraction of sp³-hybridized carbons (Fsp3) is 0.467. The maximum atomic E-state index is 4.08. The smallest absolute Gasteiger partial charge is 0.0229 e. The highest BCUT2D eigenvalue weighted by atomic mass is 14.9. The van der Waals surface area contributed by atoms with E-state index in [1.54, 1.807) is 0 Å². The van der Waals surface area contributed by atoms with Crippen molar-refractivity contribution in [3.05, 3.63) is 48.2 Å². The van der Waals surface area contributed by atoms with Crippen molar-refractivity contribution in [3.63, 3.8) is 0 Å². The fourth-order valence-corrected chi connectivity index (χ4v) is 1.87. The summed E-state index contributed by atoms with van der Waals surface area (Å²) in [4.78, 5) is 0. The summed E-state index contributed by atoms with van der Waals surface area (Å²) in [6.07, 6.45) is 4.54. The van der Waals surface area contributed by atoms with Crippen molar-refractivity contribution < 1.29 is 0 Å². The van der Waals surface area contributed by atoms with E-state index in [0.717, 1.165) is 18.5 Å². The Labute approximate surface area is 99.6 Å². The molecule has 0 aliphatic heterocycles. The van der Waals surface area contributed by atoms with Crippen molar-refractivity contribution in [1.82, 2.24) is 5.32 Å². The molecule has 1 rings (SSSR count). The molecule has 1 atom stereocenters. The van der Waals surface area contributed by atoms with Gasteiger partial charge in [-0.2, -0.15) is 0 Å². The van der Waals surface area contributed by atoms with Gasteiger partial charge in [-0.25, -0.2) is 0 Å². The van der Waals surface area contributed by atoms with Gasteiger partial charge in [-0.3, -0.25) is 0 Å². The number of nitrogens with one attached hydrogen (secondary N) is 1. The number of allylic oxidation sites excluding steroid dienone is 1. The van der Waals surface area contributed by atoms with E-state index in [0.29, 0.717) is 6.04 Å². The lowest BCUT2D eigenvalue weighted by molar-refractivity contribution is 0.548. The molecule has 0 heterocycles. The molecule has 16 heavy (non-hydrogen) atoms. The molecule has 0 bridgehead atoms. The molecule has 1 aromatic rings. The molecular weight excluding hydrogens is 194 g/mol. The topological polar surface area (TPSA) is 12.0 Å². The molecule has 0 amide bonds. The highest BCUT2D eigenvalue weighted by Gasteiger charge is 2.01. The Morgan fingerprint density at radius 1 is 1.31 bits per heavy atom. The van der Waals surface area contributed by atoms with E-state index in [-0.39, 0.29) is 0 Å². The first kappa shape index (κ1) is 12.8. The van der Waals surface area contributed by atoms with Crippen molar-refractivity contribution in [1.29, 1.82) is 0 Å². The molecule has 88 valence electrons. The number of rotatable bonds is 7. The van der Waals surface area contributed by atoms with Crippen LogP contribution in [0.1, 0.15) is 38.7 Å². The zero-order valence-electron chi connectivity index (χ0n) is 10.5. The molecule has 0 spiro atoms. The van der Waals surface area contributed by atoms with Crippen molar-refractivity contribution in [2.24, 2.45) is 0 Å². The minimum atomic E-state index is 0.549. The molecule has 1 unspecified atom stereocenters. The molecule has 0 radical (unpaired) electrons. The van der Waals surface area contributed by atoms with Gasteiger partial charge in [0.15, 0.2) is 0 Å². The van der Waals surface area contributed by atoms with Gasteiger partial charge in [0.1, 0.15) is 0 Å². The zero-order chi connectivity index (χ0) is 11.8. The lowest BCUT2D eigenvalue weighted by atomic mass is 10.1. The molecule has 1 N–H and O–H groups in total. The van der Waals surface area contributed by atoms with Gasteiger partial charge in [0, 0.05) is 11.7 Å². The van der Waals surface area contributed by atoms with Crippen molar-refractivity contribution >= 4 is 0 Å². The first-order valence-electron chi connectivity index (χ1n) is 6.20. The third kappa shape index (κ3) is 5.01. The molecule has 0 saturated carbocycles. The van der Waals surface area contributed by atoms with Gasteiger partial charge in [0.05, 0.1) is 0 Å². The summed E-state index contributed by atoms with van der Waals surface area (Å²) in [5, 5.41) is 3.46. The average molecular weight is 217 g/mol. The zero-order valence-corrected chi connectivity index (χ0v) is 10.5. The molecule has 0 saturated heterocycles. The second-order valence-electron chi connectivity index (χ2n) is 4.42. The van der Waals surface area contributed by atoms with Crippen LogP contribution in [-0.2, 0) is 6.42 Å². The Balaban J connectivity index is 2.25. The standard InChI is InChI=1S/C15H23N/c1-4-8-13(2)16-14(3)11-12-15-9-6-5-7-10-15/h5-7,9-10,13,16H,3-4,8,11-12H2,1-2H3. The van der Waals surface area contributed by atoms with Crippen LogP contribution in [0.2, 0.25) is 0 Å². The Hall–Kier alpha value is -1.24. The highest BCUT2D eigenvalue weighted by Crippen LogP contribution is 2.07. The SMILES string of the molecule is C=C(CCc1ccccc1)NC(C)CCC. The lowest BCUT2D eigenvalue weighted by Gasteiger charge is -2.16. The van der Waals surface area contributed by atoms with Gasteiger partial charge in [-0.05, 0) is 31.7 Å². The Bertz CT molecular complexity index is 302. The molecule has 0 aromatic heterocycles. The Kier molecular flexibility index (Phi) is 5.69. The first-order chi connectivity index (χ1) is 7.72. The normalized spacial score (nSPS) is 12.1. The summed E-state index contributed by atoms with van der Waals surface area (Å²) in [6.45, 7) is 8.51. The summed E-state index contributed by atoms with van der Waals surface area (Å²) in [6, 6.07) is 11.1. The Morgan fingerprint density at radius 2 is 2.00 bits per heavy atom. The molecular formula is C15H23N. The Morgan fingerprint density at radius 3 is 2.62 bits per heavy atom. The average Bonchev–Trinajstić information content (AvgIpc) is 2.28. The molecule has 0 aliphatic rings. The minimum absolute atomic E-state index is 0.549. The van der Waals surface area contributed by atoms with E-state index in [1.165, 1.54) is 18.4 Å². The third-order valence-electron chi connectivity index (χ3n) is 2.73.